The number of likely N-dealkylation sites (tertiary alicyclic amines) is 1. The summed E-state index contributed by atoms with van der Waals surface area (Å²) in [6, 6.07) is 3.21. The lowest BCUT2D eigenvalue weighted by atomic mass is 10.0. The zero-order valence-corrected chi connectivity index (χ0v) is 16.8. The highest BCUT2D eigenvalue weighted by Crippen LogP contribution is 2.29. The fraction of sp³-hybridized carbons (Fsp3) is 0.688. The Labute approximate surface area is 159 Å². The molecule has 6 nitrogen and oxygen atoms in total. The van der Waals surface area contributed by atoms with Crippen molar-refractivity contribution >= 4 is 39.7 Å². The highest BCUT2D eigenvalue weighted by Gasteiger charge is 2.31. The zero-order valence-electron chi connectivity index (χ0n) is 14.4. The van der Waals surface area contributed by atoms with Gasteiger partial charge >= 0.3 is 0 Å². The smallest absolute Gasteiger partial charge is 0.263 e. The molecular weight excluding hydrogens is 382 g/mol. The van der Waals surface area contributed by atoms with Gasteiger partial charge in [0.25, 0.3) is 15.9 Å². The Kier molecular flexibility index (Phi) is 6.89. The van der Waals surface area contributed by atoms with Crippen molar-refractivity contribution in [1.29, 1.82) is 0 Å². The standard InChI is InChI=1S/C16H25N3O3S2.ClH/c1-12-4-8-19(9-5-12)24(21,22)15-3-2-14(23-15)16(20)18-7-6-13(10-17)11-18;/h2-3,12-13H,4-11,17H2,1H3;1H. The molecule has 2 fully saturated rings. The Hall–Kier alpha value is -0.670. The first kappa shape index (κ1) is 20.6. The molecule has 2 aliphatic rings. The minimum atomic E-state index is -3.48. The number of rotatable bonds is 4. The van der Waals surface area contributed by atoms with E-state index in [0.29, 0.717) is 49.4 Å². The summed E-state index contributed by atoms with van der Waals surface area (Å²) in [4.78, 5) is 14.8. The van der Waals surface area contributed by atoms with Crippen LogP contribution in [-0.4, -0.2) is 56.3 Å². The maximum absolute atomic E-state index is 12.7. The van der Waals surface area contributed by atoms with Crippen molar-refractivity contribution in [3.05, 3.63) is 17.0 Å². The second-order valence-corrected chi connectivity index (χ2v) is 10.1. The highest BCUT2D eigenvalue weighted by molar-refractivity contribution is 7.91. The van der Waals surface area contributed by atoms with Crippen molar-refractivity contribution in [3.8, 4) is 0 Å². The van der Waals surface area contributed by atoms with Gasteiger partial charge in [-0.25, -0.2) is 8.42 Å². The van der Waals surface area contributed by atoms with Gasteiger partial charge in [0.05, 0.1) is 4.88 Å². The second kappa shape index (κ2) is 8.35. The SMILES string of the molecule is CC1CCN(S(=O)(=O)c2ccc(C(=O)N3CCC(CN)C3)s2)CC1.Cl. The van der Waals surface area contributed by atoms with E-state index < -0.39 is 10.0 Å². The van der Waals surface area contributed by atoms with E-state index in [1.165, 1.54) is 0 Å². The van der Waals surface area contributed by atoms with Crippen molar-refractivity contribution in [3.63, 3.8) is 0 Å². The molecule has 2 aliphatic heterocycles. The van der Waals surface area contributed by atoms with Crippen LogP contribution in [0.5, 0.6) is 0 Å². The first-order chi connectivity index (χ1) is 11.4. The number of halogens is 1. The fourth-order valence-corrected chi connectivity index (χ4v) is 6.19. The van der Waals surface area contributed by atoms with Gasteiger partial charge < -0.3 is 10.6 Å². The van der Waals surface area contributed by atoms with Crippen LogP contribution in [0, 0.1) is 11.8 Å². The molecule has 0 radical (unpaired) electrons. The molecular formula is C16H26ClN3O3S2. The van der Waals surface area contributed by atoms with Crippen molar-refractivity contribution in [1.82, 2.24) is 9.21 Å². The van der Waals surface area contributed by atoms with Crippen LogP contribution >= 0.6 is 23.7 Å². The van der Waals surface area contributed by atoms with Crippen LogP contribution in [0.15, 0.2) is 16.3 Å². The van der Waals surface area contributed by atoms with Crippen molar-refractivity contribution in [2.24, 2.45) is 17.6 Å². The number of carbonyl (C=O) groups excluding carboxylic acids is 1. The number of piperidine rings is 1. The van der Waals surface area contributed by atoms with E-state index >= 15 is 0 Å². The number of nitrogens with two attached hydrogens (primary N) is 1. The summed E-state index contributed by atoms with van der Waals surface area (Å²) in [7, 11) is -3.48. The van der Waals surface area contributed by atoms with Gasteiger partial charge in [0.2, 0.25) is 0 Å². The summed E-state index contributed by atoms with van der Waals surface area (Å²) >= 11 is 1.09. The molecule has 1 unspecified atom stereocenters. The molecule has 1 aromatic rings. The molecule has 0 aliphatic carbocycles. The van der Waals surface area contributed by atoms with Gasteiger partial charge in [-0.3, -0.25) is 4.79 Å². The lowest BCUT2D eigenvalue weighted by molar-refractivity contribution is 0.0792. The molecule has 0 aromatic carbocycles. The van der Waals surface area contributed by atoms with Crippen LogP contribution in [0.4, 0.5) is 0 Å². The number of hydrogen-bond acceptors (Lipinski definition) is 5. The van der Waals surface area contributed by atoms with Gasteiger partial charge in [-0.05, 0) is 49.8 Å². The Morgan fingerprint density at radius 3 is 2.52 bits per heavy atom. The van der Waals surface area contributed by atoms with Crippen LogP contribution in [0.2, 0.25) is 0 Å². The van der Waals surface area contributed by atoms with Crippen LogP contribution in [0.3, 0.4) is 0 Å². The molecule has 3 rings (SSSR count). The number of thiophene rings is 1. The highest BCUT2D eigenvalue weighted by atomic mass is 35.5. The van der Waals surface area contributed by atoms with Gasteiger partial charge in [-0.1, -0.05) is 6.92 Å². The Morgan fingerprint density at radius 2 is 1.92 bits per heavy atom. The van der Waals surface area contributed by atoms with Crippen molar-refractivity contribution in [2.45, 2.75) is 30.4 Å². The van der Waals surface area contributed by atoms with Gasteiger partial charge in [0.1, 0.15) is 4.21 Å². The van der Waals surface area contributed by atoms with E-state index in [-0.39, 0.29) is 22.5 Å². The number of hydrogen-bond donors (Lipinski definition) is 1. The first-order valence-electron chi connectivity index (χ1n) is 8.51. The third-order valence-electron chi connectivity index (χ3n) is 5.04. The van der Waals surface area contributed by atoms with Gasteiger partial charge in [0.15, 0.2) is 0 Å². The minimum absolute atomic E-state index is 0. The molecule has 3 heterocycles. The molecule has 9 heteroatoms. The van der Waals surface area contributed by atoms with Gasteiger partial charge in [-0.2, -0.15) is 4.31 Å². The Balaban J connectivity index is 0.00000225. The van der Waals surface area contributed by atoms with E-state index in [0.717, 1.165) is 30.6 Å². The quantitative estimate of drug-likeness (QED) is 0.827. The van der Waals surface area contributed by atoms with E-state index in [2.05, 4.69) is 6.92 Å². The first-order valence-corrected chi connectivity index (χ1v) is 10.8. The summed E-state index contributed by atoms with van der Waals surface area (Å²) in [5, 5.41) is 0. The predicted molar refractivity (Wildman–Crippen MR) is 102 cm³/mol. The maximum Gasteiger partial charge on any atom is 0.263 e. The number of nitrogens with zero attached hydrogens (tertiary/aromatic N) is 2. The average Bonchev–Trinajstić information content (AvgIpc) is 3.24. The Bertz CT molecular complexity index is 699. The summed E-state index contributed by atoms with van der Waals surface area (Å²) in [6.45, 7) is 5.23. The second-order valence-electron chi connectivity index (χ2n) is 6.85. The molecule has 0 bridgehead atoms. The molecule has 0 spiro atoms. The Morgan fingerprint density at radius 1 is 1.24 bits per heavy atom. The van der Waals surface area contributed by atoms with Crippen LogP contribution < -0.4 is 5.73 Å². The molecule has 2 N–H and O–H groups in total. The summed E-state index contributed by atoms with van der Waals surface area (Å²) in [6.07, 6.45) is 2.71. The summed E-state index contributed by atoms with van der Waals surface area (Å²) in [5.74, 6) is 0.847. The lowest BCUT2D eigenvalue weighted by Gasteiger charge is -2.28. The summed E-state index contributed by atoms with van der Waals surface area (Å²) in [5.41, 5.74) is 5.67. The number of carbonyl (C=O) groups is 1. The topological polar surface area (TPSA) is 83.7 Å². The third kappa shape index (κ3) is 4.36. The molecule has 2 saturated heterocycles. The zero-order chi connectivity index (χ0) is 17.3. The number of amides is 1. The maximum atomic E-state index is 12.7. The van der Waals surface area contributed by atoms with Crippen molar-refractivity contribution < 1.29 is 13.2 Å². The van der Waals surface area contributed by atoms with Crippen LogP contribution in [-0.2, 0) is 10.0 Å². The van der Waals surface area contributed by atoms with Crippen LogP contribution in [0.25, 0.3) is 0 Å². The van der Waals surface area contributed by atoms with Gasteiger partial charge in [0, 0.05) is 26.2 Å². The monoisotopic (exact) mass is 407 g/mol. The van der Waals surface area contributed by atoms with Crippen molar-refractivity contribution in [2.75, 3.05) is 32.7 Å². The fourth-order valence-electron chi connectivity index (χ4n) is 3.29. The van der Waals surface area contributed by atoms with Crippen LogP contribution in [0.1, 0.15) is 35.9 Å². The molecule has 25 heavy (non-hydrogen) atoms. The normalized spacial score (nSPS) is 22.8. The van der Waals surface area contributed by atoms with E-state index in [1.807, 2.05) is 0 Å². The largest absolute Gasteiger partial charge is 0.338 e. The van der Waals surface area contributed by atoms with E-state index in [4.69, 9.17) is 5.73 Å². The summed E-state index contributed by atoms with van der Waals surface area (Å²) < 4.78 is 27.3. The average molecular weight is 408 g/mol. The molecule has 142 valence electrons. The lowest BCUT2D eigenvalue weighted by Crippen LogP contribution is -2.37. The van der Waals surface area contributed by atoms with E-state index in [9.17, 15) is 13.2 Å². The molecule has 0 saturated carbocycles. The van der Waals surface area contributed by atoms with E-state index in [1.54, 1.807) is 21.3 Å². The third-order valence-corrected chi connectivity index (χ3v) is 8.47. The molecule has 1 aromatic heterocycles. The molecule has 1 atom stereocenters. The number of sulfonamides is 1. The minimum Gasteiger partial charge on any atom is -0.338 e. The molecule has 1 amide bonds. The predicted octanol–water partition coefficient (Wildman–Crippen LogP) is 2.01. The van der Waals surface area contributed by atoms with Gasteiger partial charge in [-0.15, -0.1) is 23.7 Å².